The molecular formula is C27H30O15. The third-order valence-corrected chi connectivity index (χ3v) is 7.21. The van der Waals surface area contributed by atoms with E-state index in [2.05, 4.69) is 0 Å². The molecule has 1 unspecified atom stereocenters. The lowest BCUT2D eigenvalue weighted by atomic mass is 9.97. The number of benzene rings is 2. The van der Waals surface area contributed by atoms with Crippen LogP contribution < -0.4 is 10.2 Å². The Labute approximate surface area is 236 Å². The van der Waals surface area contributed by atoms with Crippen molar-refractivity contribution in [2.45, 2.75) is 68.3 Å². The molecule has 2 saturated heterocycles. The predicted octanol–water partition coefficient (Wildman–Crippen LogP) is -1.39. The first-order valence-electron chi connectivity index (χ1n) is 12.9. The van der Waals surface area contributed by atoms with E-state index >= 15 is 0 Å². The molecule has 0 amide bonds. The van der Waals surface area contributed by atoms with Gasteiger partial charge in [-0.3, -0.25) is 4.79 Å². The quantitative estimate of drug-likeness (QED) is 0.159. The summed E-state index contributed by atoms with van der Waals surface area (Å²) in [6, 6.07) is 7.31. The van der Waals surface area contributed by atoms with Crippen LogP contribution >= 0.6 is 0 Å². The fraction of sp³-hybridized carbons (Fsp3) is 0.444. The van der Waals surface area contributed by atoms with Crippen molar-refractivity contribution in [1.29, 1.82) is 0 Å². The summed E-state index contributed by atoms with van der Waals surface area (Å²) in [6.07, 6.45) is -16.3. The smallest absolute Gasteiger partial charge is 0.239 e. The van der Waals surface area contributed by atoms with Crippen LogP contribution in [0, 0.1) is 0 Å². The zero-order valence-electron chi connectivity index (χ0n) is 21.9. The Hall–Kier alpha value is -3.51. The number of ether oxygens (including phenoxy) is 4. The molecule has 0 bridgehead atoms. The summed E-state index contributed by atoms with van der Waals surface area (Å²) in [5, 5.41) is 91.6. The molecule has 1 aromatic heterocycles. The van der Waals surface area contributed by atoms with Crippen molar-refractivity contribution in [2.75, 3.05) is 6.61 Å². The summed E-state index contributed by atoms with van der Waals surface area (Å²) in [7, 11) is 0. The molecule has 5 rings (SSSR count). The Morgan fingerprint density at radius 3 is 2.17 bits per heavy atom. The highest BCUT2D eigenvalue weighted by Gasteiger charge is 2.51. The Kier molecular flexibility index (Phi) is 8.30. The van der Waals surface area contributed by atoms with Crippen molar-refractivity contribution < 1.29 is 69.3 Å². The van der Waals surface area contributed by atoms with Crippen molar-refractivity contribution in [2.24, 2.45) is 0 Å². The van der Waals surface area contributed by atoms with Crippen LogP contribution in [-0.2, 0) is 14.2 Å². The second-order valence-electron chi connectivity index (χ2n) is 10.1. The van der Waals surface area contributed by atoms with E-state index in [1.54, 1.807) is 0 Å². The lowest BCUT2D eigenvalue weighted by molar-refractivity contribution is -0.354. The Bertz CT molecular complexity index is 1470. The van der Waals surface area contributed by atoms with Gasteiger partial charge in [-0.25, -0.2) is 0 Å². The summed E-state index contributed by atoms with van der Waals surface area (Å²) >= 11 is 0. The molecule has 228 valence electrons. The van der Waals surface area contributed by atoms with E-state index in [0.29, 0.717) is 0 Å². The van der Waals surface area contributed by atoms with E-state index in [0.717, 1.165) is 12.1 Å². The molecule has 9 N–H and O–H groups in total. The topological polar surface area (TPSA) is 249 Å². The van der Waals surface area contributed by atoms with Gasteiger partial charge in [0, 0.05) is 17.7 Å². The van der Waals surface area contributed by atoms with Gasteiger partial charge < -0.3 is 69.3 Å². The minimum atomic E-state index is -1.87. The zero-order valence-corrected chi connectivity index (χ0v) is 21.9. The summed E-state index contributed by atoms with van der Waals surface area (Å²) in [5.74, 6) is -2.03. The van der Waals surface area contributed by atoms with Gasteiger partial charge >= 0.3 is 0 Å². The molecule has 0 aliphatic carbocycles. The molecule has 3 aromatic rings. The van der Waals surface area contributed by atoms with E-state index < -0.39 is 96.1 Å². The van der Waals surface area contributed by atoms with Crippen molar-refractivity contribution >= 4 is 11.0 Å². The SMILES string of the molecule is C[C@H]1O[C@H](O[C@H]2C(Oc3c(-c4ccc(O)cc4)oc4cc(O)cc(O)c4c3=O)O[C@H](CO)[C@@H](O)[C@@H]2O)[C@@H](O)[C@@H](O)[C@@H]1O. The van der Waals surface area contributed by atoms with Crippen LogP contribution in [0.4, 0.5) is 0 Å². The van der Waals surface area contributed by atoms with Gasteiger partial charge in [0.15, 0.2) is 18.2 Å². The van der Waals surface area contributed by atoms with Crippen LogP contribution in [0.5, 0.6) is 23.0 Å². The molecule has 3 heterocycles. The van der Waals surface area contributed by atoms with Crippen molar-refractivity contribution in [3.63, 3.8) is 0 Å². The average molecular weight is 595 g/mol. The first-order chi connectivity index (χ1) is 19.9. The molecule has 15 nitrogen and oxygen atoms in total. The van der Waals surface area contributed by atoms with Crippen LogP contribution in [0.1, 0.15) is 6.92 Å². The molecule has 0 spiro atoms. The number of aliphatic hydroxyl groups is 6. The monoisotopic (exact) mass is 594 g/mol. The zero-order chi connectivity index (χ0) is 30.5. The van der Waals surface area contributed by atoms with Crippen LogP contribution in [0.3, 0.4) is 0 Å². The van der Waals surface area contributed by atoms with Gasteiger partial charge in [-0.1, -0.05) is 0 Å². The fourth-order valence-electron chi connectivity index (χ4n) is 4.87. The number of fused-ring (bicyclic) bond motifs is 1. The van der Waals surface area contributed by atoms with Gasteiger partial charge in [0.25, 0.3) is 0 Å². The van der Waals surface area contributed by atoms with E-state index in [9.17, 15) is 50.8 Å². The van der Waals surface area contributed by atoms with Crippen LogP contribution in [0.25, 0.3) is 22.3 Å². The van der Waals surface area contributed by atoms with Crippen LogP contribution in [-0.4, -0.2) is 114 Å². The Morgan fingerprint density at radius 1 is 0.810 bits per heavy atom. The lowest BCUT2D eigenvalue weighted by Crippen LogP contribution is -2.64. The number of hydrogen-bond acceptors (Lipinski definition) is 15. The van der Waals surface area contributed by atoms with Crippen molar-refractivity contribution in [1.82, 2.24) is 0 Å². The van der Waals surface area contributed by atoms with Gasteiger partial charge in [-0.05, 0) is 31.2 Å². The minimum Gasteiger partial charge on any atom is -0.508 e. The maximum Gasteiger partial charge on any atom is 0.239 e. The Balaban J connectivity index is 1.60. The second kappa shape index (κ2) is 11.6. The lowest BCUT2D eigenvalue weighted by Gasteiger charge is -2.45. The molecule has 0 radical (unpaired) electrons. The van der Waals surface area contributed by atoms with Crippen LogP contribution in [0.2, 0.25) is 0 Å². The summed E-state index contributed by atoms with van der Waals surface area (Å²) in [4.78, 5) is 13.7. The average Bonchev–Trinajstić information content (AvgIpc) is 2.95. The summed E-state index contributed by atoms with van der Waals surface area (Å²) in [5.41, 5.74) is -0.995. The number of hydrogen-bond donors (Lipinski definition) is 9. The maximum atomic E-state index is 13.7. The second-order valence-corrected chi connectivity index (χ2v) is 10.1. The molecule has 0 saturated carbocycles. The van der Waals surface area contributed by atoms with Gasteiger partial charge in [0.05, 0.1) is 12.7 Å². The predicted molar refractivity (Wildman–Crippen MR) is 139 cm³/mol. The van der Waals surface area contributed by atoms with Crippen molar-refractivity contribution in [3.05, 3.63) is 46.6 Å². The third kappa shape index (κ3) is 5.37. The van der Waals surface area contributed by atoms with Crippen molar-refractivity contribution in [3.8, 4) is 34.3 Å². The van der Waals surface area contributed by atoms with E-state index in [1.807, 2.05) is 0 Å². The standard InChI is InChI=1S/C27H30O15/c1-9-17(32)20(35)22(37)26(38-9)42-25-21(36)18(33)15(8-28)40-27(25)41-24-19(34)16-13(31)6-12(30)7-14(16)39-23(24)10-2-4-11(29)5-3-10/h2-7,9,15,17-18,20-22,25-33,35-37H,8H2,1H3/t9-,15-,17-,18-,20+,21+,22+,25-,26-,27?/m1/s1. The van der Waals surface area contributed by atoms with Crippen LogP contribution in [0.15, 0.2) is 45.6 Å². The number of phenols is 3. The number of rotatable bonds is 6. The largest absolute Gasteiger partial charge is 0.508 e. The highest BCUT2D eigenvalue weighted by atomic mass is 16.8. The number of aliphatic hydroxyl groups excluding tert-OH is 6. The summed E-state index contributed by atoms with van der Waals surface area (Å²) < 4.78 is 28.5. The molecule has 2 aliphatic heterocycles. The minimum absolute atomic E-state index is 0.112. The third-order valence-electron chi connectivity index (χ3n) is 7.21. The first kappa shape index (κ1) is 30.0. The molecule has 10 atom stereocenters. The molecule has 2 aromatic carbocycles. The first-order valence-corrected chi connectivity index (χ1v) is 12.9. The van der Waals surface area contributed by atoms with Gasteiger partial charge in [0.2, 0.25) is 17.5 Å². The van der Waals surface area contributed by atoms with Gasteiger partial charge in [-0.15, -0.1) is 0 Å². The molecule has 2 aliphatic rings. The molecule has 15 heteroatoms. The van der Waals surface area contributed by atoms with Gasteiger partial charge in [0.1, 0.15) is 64.8 Å². The number of aromatic hydroxyl groups is 3. The van der Waals surface area contributed by atoms with Gasteiger partial charge in [-0.2, -0.15) is 0 Å². The van der Waals surface area contributed by atoms with E-state index in [-0.39, 0.29) is 22.7 Å². The summed E-state index contributed by atoms with van der Waals surface area (Å²) in [6.45, 7) is 0.593. The molecule has 42 heavy (non-hydrogen) atoms. The fourth-order valence-corrected chi connectivity index (χ4v) is 4.87. The highest BCUT2D eigenvalue weighted by Crippen LogP contribution is 2.38. The molecular weight excluding hydrogens is 564 g/mol. The Morgan fingerprint density at radius 2 is 1.50 bits per heavy atom. The van der Waals surface area contributed by atoms with E-state index in [1.165, 1.54) is 31.2 Å². The molecule has 2 fully saturated rings. The maximum absolute atomic E-state index is 13.7. The van der Waals surface area contributed by atoms with E-state index in [4.69, 9.17) is 23.4 Å². The normalized spacial score (nSPS) is 33.5. The number of phenolic OH excluding ortho intramolecular Hbond substituents is 3. The highest BCUT2D eigenvalue weighted by molar-refractivity contribution is 5.88.